The first-order valence-corrected chi connectivity index (χ1v) is 12.1. The summed E-state index contributed by atoms with van der Waals surface area (Å²) in [7, 11) is 1.39. The van der Waals surface area contributed by atoms with E-state index in [1.807, 2.05) is 59.7 Å². The number of halogens is 1. The third-order valence-corrected chi connectivity index (χ3v) is 7.48. The minimum atomic E-state index is -1.39. The number of ether oxygens (including phenoxy) is 1. The Kier molecular flexibility index (Phi) is 9.32. The zero-order valence-electron chi connectivity index (χ0n) is 20.3. The van der Waals surface area contributed by atoms with Gasteiger partial charge in [0, 0.05) is 16.4 Å². The van der Waals surface area contributed by atoms with E-state index in [4.69, 9.17) is 16.3 Å². The van der Waals surface area contributed by atoms with Gasteiger partial charge >= 0.3 is 5.97 Å². The van der Waals surface area contributed by atoms with Crippen LogP contribution in [0, 0.1) is 17.3 Å². The number of carbonyl (C=O) groups excluding carboxylic acids is 1. The average Bonchev–Trinajstić information content (AvgIpc) is 2.58. The molecule has 0 aliphatic carbocycles. The van der Waals surface area contributed by atoms with Gasteiger partial charge in [0.1, 0.15) is 4.75 Å². The second-order valence-electron chi connectivity index (χ2n) is 10.8. The van der Waals surface area contributed by atoms with E-state index in [0.717, 1.165) is 24.0 Å². The molecule has 0 fully saturated rings. The minimum absolute atomic E-state index is 0.0359. The quantitative estimate of drug-likeness (QED) is 0.382. The standard InChI is InChI=1S/C24H40ClNO3S/c1-16(2)20(21(27)29-10)24(9,26-30(28)23(6,7)8)18-12-11-17(19(25)15-18)13-14-22(3,4)5/h11-12,15-16,20,26H,13-14H2,1-10H3/t20-,24?,30?/m0/s1. The topological polar surface area (TPSA) is 61.4 Å². The van der Waals surface area contributed by atoms with Gasteiger partial charge in [0.2, 0.25) is 0 Å². The Morgan fingerprint density at radius 2 is 1.73 bits per heavy atom. The first-order chi connectivity index (χ1) is 13.5. The van der Waals surface area contributed by atoms with E-state index in [-0.39, 0.29) is 17.3 Å². The number of nitrogens with one attached hydrogen (secondary N) is 1. The van der Waals surface area contributed by atoms with E-state index >= 15 is 0 Å². The number of hydrogen-bond donors (Lipinski definition) is 1. The number of benzene rings is 1. The van der Waals surface area contributed by atoms with Crippen LogP contribution in [0.25, 0.3) is 0 Å². The van der Waals surface area contributed by atoms with Crippen molar-refractivity contribution in [3.63, 3.8) is 0 Å². The van der Waals surface area contributed by atoms with E-state index in [1.54, 1.807) is 0 Å². The molecule has 4 nitrogen and oxygen atoms in total. The van der Waals surface area contributed by atoms with Crippen LogP contribution in [0.2, 0.25) is 5.02 Å². The fourth-order valence-corrected chi connectivity index (χ4v) is 4.74. The average molecular weight is 458 g/mol. The third kappa shape index (κ3) is 7.15. The summed E-state index contributed by atoms with van der Waals surface area (Å²) in [6.45, 7) is 18.2. The number of aryl methyl sites for hydroxylation is 1. The van der Waals surface area contributed by atoms with Crippen LogP contribution in [0.4, 0.5) is 0 Å². The zero-order valence-corrected chi connectivity index (χ0v) is 21.9. The largest absolute Gasteiger partial charge is 0.598 e. The fraction of sp³-hybridized carbons (Fsp3) is 0.708. The molecule has 1 aromatic rings. The van der Waals surface area contributed by atoms with Crippen molar-refractivity contribution in [2.45, 2.75) is 85.4 Å². The second-order valence-corrected chi connectivity index (χ2v) is 13.2. The lowest BCUT2D eigenvalue weighted by molar-refractivity contribution is -0.150. The maximum absolute atomic E-state index is 13.1. The van der Waals surface area contributed by atoms with Gasteiger partial charge in [0.15, 0.2) is 0 Å². The highest BCUT2D eigenvalue weighted by Crippen LogP contribution is 2.39. The molecule has 0 radical (unpaired) electrons. The van der Waals surface area contributed by atoms with E-state index < -0.39 is 27.6 Å². The Morgan fingerprint density at radius 3 is 2.13 bits per heavy atom. The Morgan fingerprint density at radius 1 is 1.17 bits per heavy atom. The third-order valence-electron chi connectivity index (χ3n) is 5.40. The van der Waals surface area contributed by atoms with Crippen molar-refractivity contribution in [3.8, 4) is 0 Å². The first kappa shape index (κ1) is 27.3. The maximum atomic E-state index is 13.1. The summed E-state index contributed by atoms with van der Waals surface area (Å²) in [6.07, 6.45) is 1.90. The Hall–Kier alpha value is -0.750. The summed E-state index contributed by atoms with van der Waals surface area (Å²) in [4.78, 5) is 12.8. The molecule has 0 aliphatic heterocycles. The molecule has 0 saturated carbocycles. The zero-order chi connectivity index (χ0) is 23.5. The molecule has 1 aromatic carbocycles. The monoisotopic (exact) mass is 457 g/mol. The molecule has 0 spiro atoms. The Bertz CT molecular complexity index is 724. The van der Waals surface area contributed by atoms with Crippen LogP contribution >= 0.6 is 11.6 Å². The number of rotatable bonds is 8. The number of hydrogen-bond acceptors (Lipinski definition) is 4. The van der Waals surface area contributed by atoms with Crippen LogP contribution in [0.3, 0.4) is 0 Å². The Labute approximate surface area is 191 Å². The minimum Gasteiger partial charge on any atom is -0.598 e. The summed E-state index contributed by atoms with van der Waals surface area (Å²) in [5.41, 5.74) is 1.21. The molecule has 1 N–H and O–H groups in total. The lowest BCUT2D eigenvalue weighted by Crippen LogP contribution is -2.56. The van der Waals surface area contributed by atoms with Crippen molar-refractivity contribution in [2.24, 2.45) is 17.3 Å². The summed E-state index contributed by atoms with van der Waals surface area (Å²) in [5.74, 6) is -0.907. The number of methoxy groups -OCH3 is 1. The Balaban J connectivity index is 3.47. The SMILES string of the molecule is COC(=O)[C@H](C(C)C)C(C)(N[S+]([O-])C(C)(C)C)c1ccc(CCC(C)(C)C)c(Cl)c1. The fourth-order valence-electron chi connectivity index (χ4n) is 3.53. The van der Waals surface area contributed by atoms with Crippen LogP contribution in [0.15, 0.2) is 18.2 Å². The molecule has 0 aromatic heterocycles. The van der Waals surface area contributed by atoms with Gasteiger partial charge in [0.05, 0.1) is 18.6 Å². The highest BCUT2D eigenvalue weighted by atomic mass is 35.5. The predicted molar refractivity (Wildman–Crippen MR) is 128 cm³/mol. The molecule has 6 heteroatoms. The van der Waals surface area contributed by atoms with Crippen molar-refractivity contribution in [2.75, 3.05) is 7.11 Å². The van der Waals surface area contributed by atoms with E-state index in [9.17, 15) is 9.35 Å². The normalized spacial score (nSPS) is 16.8. The molecule has 30 heavy (non-hydrogen) atoms. The summed E-state index contributed by atoms with van der Waals surface area (Å²) < 4.78 is 21.0. The lowest BCUT2D eigenvalue weighted by atomic mass is 9.74. The molecule has 1 rings (SSSR count). The van der Waals surface area contributed by atoms with Crippen molar-refractivity contribution in [1.82, 2.24) is 4.72 Å². The van der Waals surface area contributed by atoms with Gasteiger partial charge in [-0.15, -0.1) is 4.72 Å². The van der Waals surface area contributed by atoms with Gasteiger partial charge in [0.25, 0.3) is 0 Å². The molecule has 0 aliphatic rings. The molecule has 172 valence electrons. The predicted octanol–water partition coefficient (Wildman–Crippen LogP) is 6.03. The van der Waals surface area contributed by atoms with E-state index in [1.165, 1.54) is 7.11 Å². The highest BCUT2D eigenvalue weighted by Gasteiger charge is 2.48. The van der Waals surface area contributed by atoms with Crippen molar-refractivity contribution >= 4 is 28.9 Å². The molecular weight excluding hydrogens is 418 g/mol. The molecule has 0 saturated heterocycles. The maximum Gasteiger partial charge on any atom is 0.311 e. The van der Waals surface area contributed by atoms with E-state index in [0.29, 0.717) is 5.02 Å². The molecular formula is C24H40ClNO3S. The van der Waals surface area contributed by atoms with Crippen molar-refractivity contribution in [3.05, 3.63) is 34.3 Å². The summed E-state index contributed by atoms with van der Waals surface area (Å²) in [6, 6.07) is 5.93. The van der Waals surface area contributed by atoms with Gasteiger partial charge in [-0.3, -0.25) is 4.79 Å². The van der Waals surface area contributed by atoms with Crippen molar-refractivity contribution < 1.29 is 14.1 Å². The molecule has 0 bridgehead atoms. The highest BCUT2D eigenvalue weighted by molar-refractivity contribution is 7.90. The lowest BCUT2D eigenvalue weighted by Gasteiger charge is -2.41. The van der Waals surface area contributed by atoms with Crippen LogP contribution in [-0.4, -0.2) is 22.4 Å². The van der Waals surface area contributed by atoms with Crippen LogP contribution in [0.5, 0.6) is 0 Å². The van der Waals surface area contributed by atoms with Gasteiger partial charge in [-0.2, -0.15) is 0 Å². The first-order valence-electron chi connectivity index (χ1n) is 10.6. The van der Waals surface area contributed by atoms with Crippen LogP contribution < -0.4 is 4.72 Å². The van der Waals surface area contributed by atoms with E-state index in [2.05, 4.69) is 25.5 Å². The summed E-state index contributed by atoms with van der Waals surface area (Å²) >= 11 is 5.28. The molecule has 0 heterocycles. The smallest absolute Gasteiger partial charge is 0.311 e. The van der Waals surface area contributed by atoms with Crippen LogP contribution in [0.1, 0.15) is 79.9 Å². The van der Waals surface area contributed by atoms with Gasteiger partial charge in [-0.25, -0.2) is 0 Å². The number of esters is 1. The van der Waals surface area contributed by atoms with Crippen molar-refractivity contribution in [1.29, 1.82) is 0 Å². The van der Waals surface area contributed by atoms with Gasteiger partial charge in [-0.05, 0) is 69.1 Å². The molecule has 2 unspecified atom stereocenters. The van der Waals surface area contributed by atoms with Gasteiger partial charge in [-0.1, -0.05) is 58.4 Å². The summed E-state index contributed by atoms with van der Waals surface area (Å²) in [5, 5.41) is 0.665. The van der Waals surface area contributed by atoms with Gasteiger partial charge < -0.3 is 9.29 Å². The van der Waals surface area contributed by atoms with Crippen LogP contribution in [-0.2, 0) is 32.9 Å². The molecule has 3 atom stereocenters. The molecule has 0 amide bonds. The second kappa shape index (κ2) is 10.2. The number of carbonyl (C=O) groups is 1.